The molecule has 7 atom stereocenters. The van der Waals surface area contributed by atoms with Gasteiger partial charge in [0.1, 0.15) is 42.0 Å². The first-order valence-corrected chi connectivity index (χ1v) is 44.8. The summed E-state index contributed by atoms with van der Waals surface area (Å²) in [7, 11) is 0. The number of nitrogens with one attached hydrogen (secondary N) is 7. The van der Waals surface area contributed by atoms with Crippen molar-refractivity contribution in [1.82, 2.24) is 37.2 Å². The van der Waals surface area contributed by atoms with E-state index in [9.17, 15) is 52.7 Å². The molecule has 0 fully saturated rings. The topological polar surface area (TPSA) is 327 Å². The Morgan fingerprint density at radius 2 is 0.679 bits per heavy atom. The minimum atomic E-state index is -1.51. The van der Waals surface area contributed by atoms with Crippen molar-refractivity contribution in [2.24, 2.45) is 0 Å². The molecule has 7 N–H and O–H groups in total. The van der Waals surface area contributed by atoms with Gasteiger partial charge in [0, 0.05) is 37.2 Å². The second-order valence-electron chi connectivity index (χ2n) is 34.6. The van der Waals surface area contributed by atoms with Gasteiger partial charge in [-0.15, -0.1) is 0 Å². The molecule has 652 valence electrons. The van der Waals surface area contributed by atoms with E-state index in [0.717, 1.165) is 64.2 Å². The average molecular weight is 1610 g/mol. The van der Waals surface area contributed by atoms with Crippen LogP contribution in [0.4, 0.5) is 0 Å². The van der Waals surface area contributed by atoms with Crippen molar-refractivity contribution >= 4 is 77.0 Å². The third-order valence-electron chi connectivity index (χ3n) is 18.5. The van der Waals surface area contributed by atoms with Gasteiger partial charge in [-0.25, -0.2) is 4.79 Å². The lowest BCUT2D eigenvalue weighted by Gasteiger charge is -2.35. The number of carbonyl (C=O) groups is 11. The first-order chi connectivity index (χ1) is 52.9. The maximum atomic E-state index is 14.4. The van der Waals surface area contributed by atoms with Crippen LogP contribution in [-0.4, -0.2) is 168 Å². The molecule has 0 heterocycles. The largest absolute Gasteiger partial charge is 0.462 e. The standard InChI is InChI=1S/C87H161N7O17S/c1-18-21-24-27-30-33-36-38-41-44-47-50-53-56-75(99)106-63-68(107-76(100)57-54-51-48-45-42-39-37-34-31-28-25-22-19-2)64-112-65-70(92-71(95)55-52-49-46-43-40-35-32-29-26-23-20-3)80(102)90-61-73(97)88-60-72(96)89-62-74(98)91-69(58-59-77(101)110-86(12,13)14)81(103)93-78(66(4)108-84(6,7)8)82(104)94-79(67(5)109-85(9,10)11)83(105)111-87(15,16)17/h66-70,78-79H,18-65H2,1-17H3,(H,88,97)(H,89,96)(H,90,102)(H,91,98)(H,92,95)(H,93,103)(H,94,104)/t66-,67-,68-,69+,70-,78+,79+/m1/s1. The van der Waals surface area contributed by atoms with E-state index in [1.54, 1.807) is 96.9 Å². The van der Waals surface area contributed by atoms with Crippen LogP contribution in [0.5, 0.6) is 0 Å². The predicted octanol–water partition coefficient (Wildman–Crippen LogP) is 16.0. The first-order valence-electron chi connectivity index (χ1n) is 43.6. The molecule has 0 bridgehead atoms. The van der Waals surface area contributed by atoms with Gasteiger partial charge in [-0.2, -0.15) is 11.8 Å². The highest BCUT2D eigenvalue weighted by atomic mass is 32.2. The number of unbranched alkanes of at least 4 members (excludes halogenated alkanes) is 34. The molecule has 25 heteroatoms. The van der Waals surface area contributed by atoms with E-state index < -0.39 is 138 Å². The van der Waals surface area contributed by atoms with Gasteiger partial charge < -0.3 is 65.6 Å². The highest BCUT2D eigenvalue weighted by molar-refractivity contribution is 7.99. The Hall–Kier alpha value is -5.56. The summed E-state index contributed by atoms with van der Waals surface area (Å²) in [5.74, 6) is -7.43. The minimum absolute atomic E-state index is 0.00913. The number of ether oxygens (including phenoxy) is 6. The maximum absolute atomic E-state index is 14.4. The lowest BCUT2D eigenvalue weighted by Crippen LogP contribution is -2.62. The zero-order valence-corrected chi connectivity index (χ0v) is 74.1. The van der Waals surface area contributed by atoms with Crippen LogP contribution in [0.25, 0.3) is 0 Å². The predicted molar refractivity (Wildman–Crippen MR) is 448 cm³/mol. The van der Waals surface area contributed by atoms with Gasteiger partial charge in [0.05, 0.1) is 43.0 Å². The molecule has 0 rings (SSSR count). The fourth-order valence-corrected chi connectivity index (χ4v) is 13.8. The molecular formula is C87H161N7O17S. The molecule has 0 spiro atoms. The van der Waals surface area contributed by atoms with Crippen LogP contribution >= 0.6 is 11.8 Å². The Morgan fingerprint density at radius 1 is 0.321 bits per heavy atom. The molecule has 112 heavy (non-hydrogen) atoms. The molecule has 7 amide bonds. The van der Waals surface area contributed by atoms with Crippen molar-refractivity contribution in [3.8, 4) is 0 Å². The SMILES string of the molecule is CCCCCCCCCCCCCCCC(=O)OC[C@H](CSC[C@@H](NC(=O)CCCCCCCCCCCCC)C(=O)NCC(=O)NCC(=O)NCC(=O)N[C@@H](CCC(=O)OC(C)(C)C)C(=O)N[C@H](C(=O)N[C@H](C(=O)OC(C)(C)C)[C@@H](C)OC(C)(C)C)[C@@H](C)OC(C)(C)C)OC(=O)CCCCCCCCCCCCCCC. The molecule has 0 aliphatic rings. The Labute approximate surface area is 682 Å². The van der Waals surface area contributed by atoms with Gasteiger partial charge in [-0.3, -0.25) is 47.9 Å². The Kier molecular flexibility index (Phi) is 60.5. The third kappa shape index (κ3) is 63.7. The second kappa shape index (κ2) is 63.6. The molecule has 0 aromatic heterocycles. The zero-order chi connectivity index (χ0) is 84.2. The lowest BCUT2D eigenvalue weighted by molar-refractivity contribution is -0.167. The molecule has 0 saturated carbocycles. The van der Waals surface area contributed by atoms with E-state index in [-0.39, 0.29) is 62.1 Å². The van der Waals surface area contributed by atoms with Crippen molar-refractivity contribution in [2.75, 3.05) is 37.7 Å². The van der Waals surface area contributed by atoms with Crippen LogP contribution in [0.15, 0.2) is 0 Å². The summed E-state index contributed by atoms with van der Waals surface area (Å²) in [6, 6.07) is -5.51. The highest BCUT2D eigenvalue weighted by Gasteiger charge is 2.40. The fourth-order valence-electron chi connectivity index (χ4n) is 12.7. The van der Waals surface area contributed by atoms with Crippen LogP contribution in [0, 0.1) is 0 Å². The van der Waals surface area contributed by atoms with Gasteiger partial charge in [-0.1, -0.05) is 239 Å². The van der Waals surface area contributed by atoms with Crippen LogP contribution in [0.1, 0.15) is 387 Å². The van der Waals surface area contributed by atoms with E-state index in [0.29, 0.717) is 19.3 Å². The van der Waals surface area contributed by atoms with Crippen LogP contribution in [-0.2, 0) is 81.2 Å². The van der Waals surface area contributed by atoms with Gasteiger partial charge in [0.25, 0.3) is 0 Å². The van der Waals surface area contributed by atoms with Gasteiger partial charge >= 0.3 is 23.9 Å². The Bertz CT molecular complexity index is 2600. The zero-order valence-electron chi connectivity index (χ0n) is 73.3. The van der Waals surface area contributed by atoms with Crippen LogP contribution in [0.3, 0.4) is 0 Å². The molecule has 0 aliphatic carbocycles. The van der Waals surface area contributed by atoms with Crippen molar-refractivity contribution in [3.63, 3.8) is 0 Å². The maximum Gasteiger partial charge on any atom is 0.331 e. The smallest absolute Gasteiger partial charge is 0.331 e. The van der Waals surface area contributed by atoms with Crippen LogP contribution < -0.4 is 37.2 Å². The minimum Gasteiger partial charge on any atom is -0.462 e. The summed E-state index contributed by atoms with van der Waals surface area (Å²) >= 11 is 1.23. The summed E-state index contributed by atoms with van der Waals surface area (Å²) in [6.07, 6.45) is 39.6. The Morgan fingerprint density at radius 3 is 1.09 bits per heavy atom. The molecule has 0 aromatic rings. The monoisotopic (exact) mass is 1610 g/mol. The molecule has 24 nitrogen and oxygen atoms in total. The quantitative estimate of drug-likeness (QED) is 0.0169. The molecule has 0 aliphatic heterocycles. The second-order valence-corrected chi connectivity index (χ2v) is 35.7. The van der Waals surface area contributed by atoms with Crippen molar-refractivity contribution in [1.29, 1.82) is 0 Å². The number of esters is 4. The molecule has 0 radical (unpaired) electrons. The molecule has 0 aromatic carbocycles. The number of hydrogen-bond donors (Lipinski definition) is 7. The fraction of sp³-hybridized carbons (Fsp3) is 0.874. The van der Waals surface area contributed by atoms with E-state index in [2.05, 4.69) is 58.0 Å². The number of hydrogen-bond acceptors (Lipinski definition) is 18. The number of amides is 7. The van der Waals surface area contributed by atoms with Crippen molar-refractivity contribution in [2.45, 2.75) is 452 Å². The average Bonchev–Trinajstić information content (AvgIpc) is 0.829. The van der Waals surface area contributed by atoms with E-state index >= 15 is 0 Å². The number of thioether (sulfide) groups is 1. The molecule has 0 unspecified atom stereocenters. The van der Waals surface area contributed by atoms with Crippen molar-refractivity contribution in [3.05, 3.63) is 0 Å². The third-order valence-corrected chi connectivity index (χ3v) is 19.7. The van der Waals surface area contributed by atoms with E-state index in [1.807, 2.05) is 0 Å². The normalized spacial score (nSPS) is 13.8. The molecule has 0 saturated heterocycles. The van der Waals surface area contributed by atoms with E-state index in [1.165, 1.54) is 166 Å². The number of rotatable bonds is 68. The number of carbonyl (C=O) groups excluding carboxylic acids is 11. The highest BCUT2D eigenvalue weighted by Crippen LogP contribution is 2.22. The summed E-state index contributed by atoms with van der Waals surface area (Å²) < 4.78 is 35.1. The van der Waals surface area contributed by atoms with Gasteiger partial charge in [0.15, 0.2) is 6.04 Å². The summed E-state index contributed by atoms with van der Waals surface area (Å²) in [5.41, 5.74) is -3.43. The van der Waals surface area contributed by atoms with E-state index in [4.69, 9.17) is 28.4 Å². The van der Waals surface area contributed by atoms with Gasteiger partial charge in [0.2, 0.25) is 41.4 Å². The summed E-state index contributed by atoms with van der Waals surface area (Å²) in [5, 5.41) is 18.1. The molecular weight excluding hydrogens is 1450 g/mol. The lowest BCUT2D eigenvalue weighted by atomic mass is 10.0. The van der Waals surface area contributed by atoms with Gasteiger partial charge in [-0.05, 0) is 123 Å². The summed E-state index contributed by atoms with van der Waals surface area (Å²) in [6.45, 7) is 28.3. The van der Waals surface area contributed by atoms with Crippen LogP contribution in [0.2, 0.25) is 0 Å². The first kappa shape index (κ1) is 106. The Balaban J connectivity index is 6.38. The summed E-state index contributed by atoms with van der Waals surface area (Å²) in [4.78, 5) is 150. The van der Waals surface area contributed by atoms with Crippen molar-refractivity contribution < 1.29 is 81.2 Å².